The summed E-state index contributed by atoms with van der Waals surface area (Å²) in [5, 5.41) is 18.3. The molecule has 0 unspecified atom stereocenters. The van der Waals surface area contributed by atoms with Gasteiger partial charge in [0.1, 0.15) is 23.3 Å². The van der Waals surface area contributed by atoms with Crippen LogP contribution in [-0.4, -0.2) is 38.5 Å². The van der Waals surface area contributed by atoms with Gasteiger partial charge in [-0.15, -0.1) is 0 Å². The first-order chi connectivity index (χ1) is 18.1. The number of halogens is 2. The lowest BCUT2D eigenvalue weighted by molar-refractivity contribution is -0.155. The van der Waals surface area contributed by atoms with Gasteiger partial charge < -0.3 is 24.4 Å². The van der Waals surface area contributed by atoms with E-state index in [9.17, 15) is 14.7 Å². The van der Waals surface area contributed by atoms with E-state index in [2.05, 4.69) is 15.5 Å². The zero-order chi connectivity index (χ0) is 29.1. The van der Waals surface area contributed by atoms with Crippen LogP contribution >= 0.6 is 11.6 Å². The number of hydrogen-bond acceptors (Lipinski definition) is 8. The Hall–Kier alpha value is -3.50. The van der Waals surface area contributed by atoms with Crippen molar-refractivity contribution in [3.05, 3.63) is 70.1 Å². The van der Waals surface area contributed by atoms with E-state index in [0.29, 0.717) is 16.3 Å². The van der Waals surface area contributed by atoms with Gasteiger partial charge in [0.15, 0.2) is 5.76 Å². The zero-order valence-corrected chi connectivity index (χ0v) is 23.7. The highest BCUT2D eigenvalue weighted by Crippen LogP contribution is 2.39. The summed E-state index contributed by atoms with van der Waals surface area (Å²) in [4.78, 5) is 29.3. The third kappa shape index (κ3) is 8.00. The normalized spacial score (nSPS) is 13.5. The Bertz CT molecular complexity index is 1300. The molecule has 39 heavy (non-hydrogen) atoms. The largest absolute Gasteiger partial charge is 0.460 e. The van der Waals surface area contributed by atoms with Crippen LogP contribution in [0.5, 0.6) is 0 Å². The number of amides is 1. The van der Waals surface area contributed by atoms with Crippen LogP contribution in [0.3, 0.4) is 0 Å². The summed E-state index contributed by atoms with van der Waals surface area (Å²) < 4.78 is 31.6. The number of aromatic nitrogens is 2. The van der Waals surface area contributed by atoms with Crippen LogP contribution < -0.4 is 5.32 Å². The highest BCUT2D eigenvalue weighted by atomic mass is 35.5. The summed E-state index contributed by atoms with van der Waals surface area (Å²) >= 11 is 5.97. The minimum Gasteiger partial charge on any atom is -0.460 e. The zero-order valence-electron chi connectivity index (χ0n) is 23.0. The van der Waals surface area contributed by atoms with Gasteiger partial charge in [-0.1, -0.05) is 28.9 Å². The first-order valence-electron chi connectivity index (χ1n) is 12.3. The van der Waals surface area contributed by atoms with Gasteiger partial charge in [0, 0.05) is 16.8 Å². The van der Waals surface area contributed by atoms with Crippen molar-refractivity contribution in [2.45, 2.75) is 78.2 Å². The summed E-state index contributed by atoms with van der Waals surface area (Å²) in [7, 11) is 0. The predicted octanol–water partition coefficient (Wildman–Crippen LogP) is 6.22. The molecule has 3 rings (SSSR count). The number of alkyl carbamates (subject to hydrolysis) is 1. The van der Waals surface area contributed by atoms with Crippen molar-refractivity contribution in [2.24, 2.45) is 0 Å². The number of carbonyl (C=O) groups excluding carboxylic acids is 2. The molecule has 11 heteroatoms. The van der Waals surface area contributed by atoms with Crippen molar-refractivity contribution in [1.82, 2.24) is 15.5 Å². The van der Waals surface area contributed by atoms with Crippen LogP contribution in [0.1, 0.15) is 82.7 Å². The second-order valence-corrected chi connectivity index (χ2v) is 11.5. The number of carbonyl (C=O) groups is 2. The van der Waals surface area contributed by atoms with Crippen molar-refractivity contribution in [3.8, 4) is 11.1 Å². The topological polar surface area (TPSA) is 124 Å². The molecule has 9 nitrogen and oxygen atoms in total. The summed E-state index contributed by atoms with van der Waals surface area (Å²) in [6.45, 7) is 11.9. The Morgan fingerprint density at radius 3 is 2.28 bits per heavy atom. The van der Waals surface area contributed by atoms with Crippen molar-refractivity contribution in [3.63, 3.8) is 0 Å². The Labute approximate surface area is 231 Å². The van der Waals surface area contributed by atoms with E-state index in [0.717, 1.165) is 0 Å². The minimum atomic E-state index is -1.42. The van der Waals surface area contributed by atoms with Crippen LogP contribution in [0.15, 0.2) is 41.1 Å². The van der Waals surface area contributed by atoms with Gasteiger partial charge in [-0.2, -0.15) is 4.39 Å². The second kappa shape index (κ2) is 11.7. The number of rotatable bonds is 7. The number of aliphatic hydroxyl groups excluding tert-OH is 1. The average Bonchev–Trinajstić information content (AvgIpc) is 3.17. The number of nitrogens with one attached hydrogen (secondary N) is 1. The Morgan fingerprint density at radius 2 is 1.69 bits per heavy atom. The molecule has 210 valence electrons. The van der Waals surface area contributed by atoms with E-state index in [1.807, 2.05) is 0 Å². The number of hydrogen-bond donors (Lipinski definition) is 2. The van der Waals surface area contributed by atoms with E-state index in [4.69, 9.17) is 25.6 Å². The SMILES string of the molecule is Cc1noc([C@H](CC(=O)OC(C)(C)C)NC(=O)OC(C)(C)C)c1-c1ccnc(F)c1[C@@H](O)c1ccc(Cl)cc1. The lowest BCUT2D eigenvalue weighted by atomic mass is 9.91. The van der Waals surface area contributed by atoms with Gasteiger partial charge in [0.2, 0.25) is 5.95 Å². The predicted molar refractivity (Wildman–Crippen MR) is 143 cm³/mol. The molecule has 0 fully saturated rings. The molecule has 2 N–H and O–H groups in total. The van der Waals surface area contributed by atoms with E-state index in [-0.39, 0.29) is 28.9 Å². The number of esters is 1. The maximum Gasteiger partial charge on any atom is 0.408 e. The molecule has 0 aliphatic rings. The molecule has 0 spiro atoms. The van der Waals surface area contributed by atoms with Gasteiger partial charge in [0.25, 0.3) is 0 Å². The molecule has 3 aromatic rings. The summed E-state index contributed by atoms with van der Waals surface area (Å²) in [6, 6.07) is 6.69. The van der Waals surface area contributed by atoms with Crippen molar-refractivity contribution in [2.75, 3.05) is 0 Å². The number of pyridine rings is 1. The average molecular weight is 562 g/mol. The molecule has 0 bridgehead atoms. The Morgan fingerprint density at radius 1 is 1.08 bits per heavy atom. The third-order valence-corrected chi connectivity index (χ3v) is 5.61. The van der Waals surface area contributed by atoms with Crippen LogP contribution in [0, 0.1) is 12.9 Å². The van der Waals surface area contributed by atoms with Crippen LogP contribution in [0.2, 0.25) is 5.02 Å². The van der Waals surface area contributed by atoms with Gasteiger partial charge in [-0.05, 0) is 77.8 Å². The monoisotopic (exact) mass is 561 g/mol. The highest BCUT2D eigenvalue weighted by Gasteiger charge is 2.33. The third-order valence-electron chi connectivity index (χ3n) is 5.36. The molecule has 0 saturated carbocycles. The van der Waals surface area contributed by atoms with Crippen LogP contribution in [-0.2, 0) is 14.3 Å². The quantitative estimate of drug-likeness (QED) is 0.257. The number of aryl methyl sites for hydroxylation is 1. The highest BCUT2D eigenvalue weighted by molar-refractivity contribution is 6.30. The summed E-state index contributed by atoms with van der Waals surface area (Å²) in [5.74, 6) is -1.48. The van der Waals surface area contributed by atoms with Gasteiger partial charge in [-0.3, -0.25) is 4.79 Å². The smallest absolute Gasteiger partial charge is 0.408 e. The number of aliphatic hydroxyl groups is 1. The number of ether oxygens (including phenoxy) is 2. The van der Waals surface area contributed by atoms with E-state index < -0.39 is 41.4 Å². The van der Waals surface area contributed by atoms with E-state index in [1.165, 1.54) is 12.3 Å². The Balaban J connectivity index is 2.11. The fourth-order valence-corrected chi connectivity index (χ4v) is 4.03. The van der Waals surface area contributed by atoms with Crippen molar-refractivity contribution < 1.29 is 33.1 Å². The van der Waals surface area contributed by atoms with Crippen LogP contribution in [0.4, 0.5) is 9.18 Å². The number of benzene rings is 1. The molecule has 2 heterocycles. The fraction of sp³-hybridized carbons (Fsp3) is 0.429. The first kappa shape index (κ1) is 30.0. The molecule has 1 aromatic carbocycles. The lowest BCUT2D eigenvalue weighted by Crippen LogP contribution is -2.36. The van der Waals surface area contributed by atoms with Gasteiger partial charge >= 0.3 is 12.1 Å². The molecule has 0 aliphatic heterocycles. The molecule has 2 atom stereocenters. The first-order valence-corrected chi connectivity index (χ1v) is 12.7. The second-order valence-electron chi connectivity index (χ2n) is 11.0. The minimum absolute atomic E-state index is 0.0550. The molecule has 0 aliphatic carbocycles. The maximum absolute atomic E-state index is 15.2. The molecule has 2 aromatic heterocycles. The fourth-order valence-electron chi connectivity index (χ4n) is 3.90. The maximum atomic E-state index is 15.2. The van der Waals surface area contributed by atoms with E-state index in [1.54, 1.807) is 72.7 Å². The van der Waals surface area contributed by atoms with Crippen LogP contribution in [0.25, 0.3) is 11.1 Å². The van der Waals surface area contributed by atoms with Gasteiger partial charge in [-0.25, -0.2) is 9.78 Å². The van der Waals surface area contributed by atoms with Crippen molar-refractivity contribution >= 4 is 23.7 Å². The lowest BCUT2D eigenvalue weighted by Gasteiger charge is -2.25. The number of nitrogens with zero attached hydrogens (tertiary/aromatic N) is 2. The van der Waals surface area contributed by atoms with Gasteiger partial charge in [0.05, 0.1) is 17.7 Å². The summed E-state index contributed by atoms with van der Waals surface area (Å²) in [5.41, 5.74) is -0.521. The standard InChI is InChI=1S/C28H33ClFN3O6/c1-15-21(18-12-13-31-25(30)22(18)23(35)16-8-10-17(29)11-9-16)24(39-33-15)19(14-20(34)37-27(2,3)4)32-26(36)38-28(5,6)7/h8-13,19,23,35H,14H2,1-7H3,(H,32,36)/t19-,23-/m0/s1. The molecular formula is C28H33ClFN3O6. The molecule has 0 saturated heterocycles. The molecule has 1 amide bonds. The Kier molecular flexibility index (Phi) is 9.02. The molecular weight excluding hydrogens is 529 g/mol. The molecule has 0 radical (unpaired) electrons. The van der Waals surface area contributed by atoms with Crippen molar-refractivity contribution in [1.29, 1.82) is 0 Å². The van der Waals surface area contributed by atoms with E-state index >= 15 is 4.39 Å². The summed E-state index contributed by atoms with van der Waals surface area (Å²) in [6.07, 6.45) is -1.32.